The Labute approximate surface area is 212 Å². The molecule has 170 valence electrons. The number of aryl methyl sites for hydroxylation is 4. The van der Waals surface area contributed by atoms with E-state index in [1.807, 2.05) is 0 Å². The number of fused-ring (bicyclic) bond motifs is 2. The highest BCUT2D eigenvalue weighted by atomic mass is 32.1. The van der Waals surface area contributed by atoms with Crippen LogP contribution in [0.1, 0.15) is 55.3 Å². The Kier molecular flexibility index (Phi) is 6.13. The standard InChI is InChI=1S/C30H28N2S2/c1-17-9-11-19(3)23(13-17)29(33)27-28(30(34)24-14-18(2)10-12-20(24)4)32-26-16-22-8-6-5-7-21(22)15-25(26)31-27/h5-16,29-30,33-34H,1-4H3. The lowest BCUT2D eigenvalue weighted by atomic mass is 9.95. The van der Waals surface area contributed by atoms with Gasteiger partial charge >= 0.3 is 0 Å². The molecule has 0 spiro atoms. The van der Waals surface area contributed by atoms with Crippen molar-refractivity contribution in [1.29, 1.82) is 0 Å². The zero-order chi connectivity index (χ0) is 24.0. The molecule has 0 saturated heterocycles. The summed E-state index contributed by atoms with van der Waals surface area (Å²) >= 11 is 10.2. The van der Waals surface area contributed by atoms with Gasteiger partial charge in [0.05, 0.1) is 32.9 Å². The lowest BCUT2D eigenvalue weighted by Gasteiger charge is -2.22. The smallest absolute Gasteiger partial charge is 0.0897 e. The molecule has 0 aliphatic heterocycles. The first-order valence-corrected chi connectivity index (χ1v) is 12.6. The van der Waals surface area contributed by atoms with Crippen LogP contribution >= 0.6 is 25.3 Å². The van der Waals surface area contributed by atoms with Crippen molar-refractivity contribution in [3.05, 3.63) is 118 Å². The molecule has 0 aliphatic rings. The van der Waals surface area contributed by atoms with E-state index in [0.717, 1.165) is 44.3 Å². The predicted molar refractivity (Wildman–Crippen MR) is 151 cm³/mol. The Balaban J connectivity index is 1.77. The van der Waals surface area contributed by atoms with Crippen molar-refractivity contribution in [2.24, 2.45) is 0 Å². The van der Waals surface area contributed by atoms with Crippen LogP contribution in [-0.2, 0) is 0 Å². The summed E-state index contributed by atoms with van der Waals surface area (Å²) in [5, 5.41) is 1.89. The van der Waals surface area contributed by atoms with Gasteiger partial charge in [0.25, 0.3) is 0 Å². The van der Waals surface area contributed by atoms with Crippen LogP contribution in [0.3, 0.4) is 0 Å². The van der Waals surface area contributed by atoms with Crippen molar-refractivity contribution >= 4 is 47.1 Å². The fraction of sp³-hybridized carbons (Fsp3) is 0.200. The number of thiol groups is 2. The summed E-state index contributed by atoms with van der Waals surface area (Å²) in [6.07, 6.45) is 0. The molecule has 0 saturated carbocycles. The van der Waals surface area contributed by atoms with E-state index in [9.17, 15) is 0 Å². The third-order valence-corrected chi connectivity index (χ3v) is 7.61. The minimum Gasteiger partial charge on any atom is -0.248 e. The number of nitrogens with zero attached hydrogens (tertiary/aromatic N) is 2. The molecular formula is C30H28N2S2. The number of aromatic nitrogens is 2. The molecule has 2 atom stereocenters. The highest BCUT2D eigenvalue weighted by molar-refractivity contribution is 7.81. The molecular weight excluding hydrogens is 452 g/mol. The topological polar surface area (TPSA) is 25.8 Å². The quantitative estimate of drug-likeness (QED) is 0.201. The molecule has 2 nitrogen and oxygen atoms in total. The monoisotopic (exact) mass is 480 g/mol. The molecule has 5 rings (SSSR count). The SMILES string of the molecule is Cc1ccc(C)c(C(S)c2nc3cc4ccccc4cc3nc2C(S)c2cc(C)ccc2C)c1. The van der Waals surface area contributed by atoms with Crippen molar-refractivity contribution < 1.29 is 0 Å². The summed E-state index contributed by atoms with van der Waals surface area (Å²) in [4.78, 5) is 10.4. The van der Waals surface area contributed by atoms with Gasteiger partial charge in [0.2, 0.25) is 0 Å². The van der Waals surface area contributed by atoms with Crippen LogP contribution in [0.25, 0.3) is 21.8 Å². The van der Waals surface area contributed by atoms with E-state index < -0.39 is 0 Å². The third kappa shape index (κ3) is 4.21. The lowest BCUT2D eigenvalue weighted by molar-refractivity contribution is 0.939. The molecule has 0 amide bonds. The van der Waals surface area contributed by atoms with E-state index in [1.165, 1.54) is 22.3 Å². The second kappa shape index (κ2) is 9.09. The van der Waals surface area contributed by atoms with Gasteiger partial charge in [0.1, 0.15) is 0 Å². The van der Waals surface area contributed by atoms with Crippen LogP contribution < -0.4 is 0 Å². The molecule has 5 aromatic rings. The average molecular weight is 481 g/mol. The molecule has 0 N–H and O–H groups in total. The van der Waals surface area contributed by atoms with E-state index in [4.69, 9.17) is 35.2 Å². The second-order valence-electron chi connectivity index (χ2n) is 9.21. The van der Waals surface area contributed by atoms with Gasteiger partial charge in [-0.05, 0) is 72.9 Å². The first-order valence-electron chi connectivity index (χ1n) is 11.5. The third-order valence-electron chi connectivity index (χ3n) is 6.56. The van der Waals surface area contributed by atoms with Crippen LogP contribution in [0, 0.1) is 27.7 Å². The summed E-state index contributed by atoms with van der Waals surface area (Å²) in [5.41, 5.74) is 10.6. The Morgan fingerprint density at radius 3 is 1.38 bits per heavy atom. The summed E-state index contributed by atoms with van der Waals surface area (Å²) < 4.78 is 0. The molecule has 4 aromatic carbocycles. The maximum atomic E-state index is 5.18. The van der Waals surface area contributed by atoms with Crippen molar-refractivity contribution in [2.45, 2.75) is 38.2 Å². The van der Waals surface area contributed by atoms with E-state index in [0.29, 0.717) is 0 Å². The van der Waals surface area contributed by atoms with Crippen LogP contribution in [-0.4, -0.2) is 9.97 Å². The zero-order valence-electron chi connectivity index (χ0n) is 19.9. The first-order chi connectivity index (χ1) is 16.3. The Hall–Kier alpha value is -2.82. The van der Waals surface area contributed by atoms with Crippen LogP contribution in [0.15, 0.2) is 72.8 Å². The molecule has 0 bridgehead atoms. The number of rotatable bonds is 4. The van der Waals surface area contributed by atoms with Crippen molar-refractivity contribution in [1.82, 2.24) is 9.97 Å². The minimum absolute atomic E-state index is 0.210. The van der Waals surface area contributed by atoms with Crippen LogP contribution in [0.5, 0.6) is 0 Å². The van der Waals surface area contributed by atoms with Gasteiger partial charge in [-0.25, -0.2) is 9.97 Å². The van der Waals surface area contributed by atoms with Crippen LogP contribution in [0.2, 0.25) is 0 Å². The second-order valence-corrected chi connectivity index (χ2v) is 10.2. The van der Waals surface area contributed by atoms with Gasteiger partial charge in [0.15, 0.2) is 0 Å². The molecule has 0 fully saturated rings. The Morgan fingerprint density at radius 2 is 0.971 bits per heavy atom. The van der Waals surface area contributed by atoms with Crippen molar-refractivity contribution in [3.8, 4) is 0 Å². The van der Waals surface area contributed by atoms with Crippen LogP contribution in [0.4, 0.5) is 0 Å². The molecule has 34 heavy (non-hydrogen) atoms. The number of hydrogen-bond acceptors (Lipinski definition) is 4. The molecule has 0 radical (unpaired) electrons. The van der Waals surface area contributed by atoms with Gasteiger partial charge < -0.3 is 0 Å². The molecule has 1 heterocycles. The summed E-state index contributed by atoms with van der Waals surface area (Å²) in [6.45, 7) is 8.48. The molecule has 2 unspecified atom stereocenters. The molecule has 0 aliphatic carbocycles. The maximum Gasteiger partial charge on any atom is 0.0897 e. The van der Waals surface area contributed by atoms with E-state index in [-0.39, 0.29) is 10.5 Å². The minimum atomic E-state index is -0.210. The van der Waals surface area contributed by atoms with Gasteiger partial charge in [-0.2, -0.15) is 25.3 Å². The van der Waals surface area contributed by atoms with E-state index in [1.54, 1.807) is 0 Å². The fourth-order valence-electron chi connectivity index (χ4n) is 4.58. The Bertz CT molecular complexity index is 1430. The number of benzene rings is 4. The highest BCUT2D eigenvalue weighted by Crippen LogP contribution is 2.39. The predicted octanol–water partition coefficient (Wildman–Crippen LogP) is 8.06. The Morgan fingerprint density at radius 1 is 0.559 bits per heavy atom. The normalized spacial score (nSPS) is 13.4. The van der Waals surface area contributed by atoms with E-state index in [2.05, 4.69) is 100 Å². The van der Waals surface area contributed by atoms with Crippen molar-refractivity contribution in [3.63, 3.8) is 0 Å². The largest absolute Gasteiger partial charge is 0.248 e. The summed E-state index contributed by atoms with van der Waals surface area (Å²) in [5.74, 6) is 0. The highest BCUT2D eigenvalue weighted by Gasteiger charge is 2.25. The molecule has 1 aromatic heterocycles. The van der Waals surface area contributed by atoms with Gasteiger partial charge in [-0.3, -0.25) is 0 Å². The zero-order valence-corrected chi connectivity index (χ0v) is 21.7. The molecule has 4 heteroatoms. The van der Waals surface area contributed by atoms with Crippen molar-refractivity contribution in [2.75, 3.05) is 0 Å². The van der Waals surface area contributed by atoms with Gasteiger partial charge in [-0.1, -0.05) is 71.8 Å². The van der Waals surface area contributed by atoms with Gasteiger partial charge in [-0.15, -0.1) is 0 Å². The summed E-state index contributed by atoms with van der Waals surface area (Å²) in [7, 11) is 0. The number of hydrogen-bond donors (Lipinski definition) is 2. The first kappa shape index (κ1) is 22.9. The lowest BCUT2D eigenvalue weighted by Crippen LogP contribution is -2.10. The summed E-state index contributed by atoms with van der Waals surface area (Å²) in [6, 6.07) is 25.6. The fourth-order valence-corrected chi connectivity index (χ4v) is 5.51. The van der Waals surface area contributed by atoms with E-state index >= 15 is 0 Å². The maximum absolute atomic E-state index is 5.18. The average Bonchev–Trinajstić information content (AvgIpc) is 2.84. The van der Waals surface area contributed by atoms with Gasteiger partial charge in [0, 0.05) is 0 Å².